The molecule has 0 aliphatic carbocycles. The van der Waals surface area contributed by atoms with E-state index in [4.69, 9.17) is 4.74 Å². The van der Waals surface area contributed by atoms with E-state index in [9.17, 15) is 4.39 Å². The van der Waals surface area contributed by atoms with Crippen LogP contribution in [0.1, 0.15) is 24.0 Å². The van der Waals surface area contributed by atoms with Crippen LogP contribution >= 0.6 is 24.0 Å². The molecule has 1 heterocycles. The predicted octanol–water partition coefficient (Wildman–Crippen LogP) is 4.44. The number of para-hydroxylation sites is 1. The number of nitrogens with zero attached hydrogens (tertiary/aromatic N) is 1. The highest BCUT2D eigenvalue weighted by Gasteiger charge is 2.11. The molecule has 1 atom stereocenters. The van der Waals surface area contributed by atoms with E-state index in [0.717, 1.165) is 46.7 Å². The Kier molecular flexibility index (Phi) is 8.75. The lowest BCUT2D eigenvalue weighted by Gasteiger charge is -2.18. The van der Waals surface area contributed by atoms with Crippen molar-refractivity contribution in [3.05, 3.63) is 65.6 Å². The second-order valence-electron chi connectivity index (χ2n) is 6.78. The molecule has 0 saturated heterocycles. The van der Waals surface area contributed by atoms with Gasteiger partial charge in [-0.1, -0.05) is 25.1 Å². The van der Waals surface area contributed by atoms with Crippen LogP contribution in [0.5, 0.6) is 5.75 Å². The van der Waals surface area contributed by atoms with Crippen LogP contribution < -0.4 is 15.4 Å². The molecule has 29 heavy (non-hydrogen) atoms. The van der Waals surface area contributed by atoms with Crippen molar-refractivity contribution in [1.82, 2.24) is 15.6 Å². The van der Waals surface area contributed by atoms with Crippen LogP contribution in [0.15, 0.2) is 53.7 Å². The van der Waals surface area contributed by atoms with E-state index in [1.54, 1.807) is 26.3 Å². The third-order valence-corrected chi connectivity index (χ3v) is 4.89. The molecule has 3 rings (SSSR count). The van der Waals surface area contributed by atoms with Crippen LogP contribution in [0.4, 0.5) is 4.39 Å². The molecule has 3 aromatic rings. The van der Waals surface area contributed by atoms with Gasteiger partial charge in [0.2, 0.25) is 0 Å². The molecule has 0 spiro atoms. The first kappa shape index (κ1) is 23.0. The maximum atomic E-state index is 13.5. The van der Waals surface area contributed by atoms with Gasteiger partial charge >= 0.3 is 0 Å². The number of aliphatic imine (C=N–C) groups is 1. The minimum Gasteiger partial charge on any atom is -0.496 e. The van der Waals surface area contributed by atoms with Crippen LogP contribution in [0.2, 0.25) is 0 Å². The first-order valence-corrected chi connectivity index (χ1v) is 9.45. The number of fused-ring (bicyclic) bond motifs is 1. The van der Waals surface area contributed by atoms with Crippen molar-refractivity contribution in [2.45, 2.75) is 19.3 Å². The molecule has 7 heteroatoms. The molecule has 0 aliphatic rings. The highest BCUT2D eigenvalue weighted by Crippen LogP contribution is 2.25. The molecule has 0 fully saturated rings. The second kappa shape index (κ2) is 11.0. The molecule has 0 aliphatic heterocycles. The van der Waals surface area contributed by atoms with Gasteiger partial charge < -0.3 is 20.4 Å². The zero-order valence-electron chi connectivity index (χ0n) is 17.0. The number of guanidine groups is 1. The van der Waals surface area contributed by atoms with E-state index in [2.05, 4.69) is 33.6 Å². The second-order valence-corrected chi connectivity index (χ2v) is 6.78. The molecule has 0 bridgehead atoms. The summed E-state index contributed by atoms with van der Waals surface area (Å²) in [6.07, 6.45) is 2.71. The molecule has 156 valence electrons. The summed E-state index contributed by atoms with van der Waals surface area (Å²) in [7, 11) is 3.44. The van der Waals surface area contributed by atoms with E-state index in [1.165, 1.54) is 6.07 Å². The number of ether oxygens (including phenoxy) is 1. The standard InChI is InChI=1S/C22H27FN4O.HI/c1-15(18-6-4-5-7-21(18)28-3)13-27-22(24-2)25-11-10-16-14-26-20-9-8-17(23)12-19(16)20;/h4-9,12,14-15,26H,10-11,13H2,1-3H3,(H2,24,25,27);1H. The summed E-state index contributed by atoms with van der Waals surface area (Å²) >= 11 is 0. The van der Waals surface area contributed by atoms with Gasteiger partial charge in [0.15, 0.2) is 5.96 Å². The Morgan fingerprint density at radius 1 is 1.21 bits per heavy atom. The topological polar surface area (TPSA) is 61.4 Å². The number of H-pyrrole nitrogens is 1. The lowest BCUT2D eigenvalue weighted by molar-refractivity contribution is 0.406. The molecule has 1 aromatic heterocycles. The van der Waals surface area contributed by atoms with Crippen molar-refractivity contribution in [2.75, 3.05) is 27.2 Å². The Balaban J connectivity index is 0.00000300. The fourth-order valence-corrected chi connectivity index (χ4v) is 3.33. The Morgan fingerprint density at radius 3 is 2.76 bits per heavy atom. The van der Waals surface area contributed by atoms with E-state index < -0.39 is 0 Å². The van der Waals surface area contributed by atoms with Crippen molar-refractivity contribution >= 4 is 40.8 Å². The first-order chi connectivity index (χ1) is 13.6. The number of hydrogen-bond acceptors (Lipinski definition) is 2. The van der Waals surface area contributed by atoms with Crippen molar-refractivity contribution in [2.24, 2.45) is 4.99 Å². The number of aromatic nitrogens is 1. The lowest BCUT2D eigenvalue weighted by atomic mass is 10.0. The summed E-state index contributed by atoms with van der Waals surface area (Å²) in [5.41, 5.74) is 3.19. The molecule has 5 nitrogen and oxygen atoms in total. The molecule has 0 radical (unpaired) electrons. The van der Waals surface area contributed by atoms with Crippen molar-refractivity contribution in [1.29, 1.82) is 0 Å². The SMILES string of the molecule is CN=C(NCCc1c[nH]c2ccc(F)cc12)NCC(C)c1ccccc1OC.I. The van der Waals surface area contributed by atoms with Crippen molar-refractivity contribution < 1.29 is 9.13 Å². The first-order valence-electron chi connectivity index (χ1n) is 9.45. The molecule has 2 aromatic carbocycles. The number of hydrogen-bond donors (Lipinski definition) is 3. The minimum atomic E-state index is -0.218. The quantitative estimate of drug-likeness (QED) is 0.250. The number of aromatic amines is 1. The van der Waals surface area contributed by atoms with Gasteiger partial charge in [-0.15, -0.1) is 24.0 Å². The Bertz CT molecular complexity index is 957. The van der Waals surface area contributed by atoms with Crippen LogP contribution in [0.25, 0.3) is 10.9 Å². The number of rotatable bonds is 7. The van der Waals surface area contributed by atoms with E-state index in [-0.39, 0.29) is 35.7 Å². The lowest BCUT2D eigenvalue weighted by Crippen LogP contribution is -2.39. The monoisotopic (exact) mass is 510 g/mol. The summed E-state index contributed by atoms with van der Waals surface area (Å²) < 4.78 is 18.9. The van der Waals surface area contributed by atoms with Crippen LogP contribution in [-0.2, 0) is 6.42 Å². The predicted molar refractivity (Wildman–Crippen MR) is 128 cm³/mol. The summed E-state index contributed by atoms with van der Waals surface area (Å²) in [5.74, 6) is 1.69. The largest absolute Gasteiger partial charge is 0.496 e. The summed E-state index contributed by atoms with van der Waals surface area (Å²) in [4.78, 5) is 7.47. The van der Waals surface area contributed by atoms with Crippen molar-refractivity contribution in [3.63, 3.8) is 0 Å². The molecule has 3 N–H and O–H groups in total. The van der Waals surface area contributed by atoms with Crippen LogP contribution in [0, 0.1) is 5.82 Å². The maximum absolute atomic E-state index is 13.5. The summed E-state index contributed by atoms with van der Waals surface area (Å²) in [6.45, 7) is 3.59. The van der Waals surface area contributed by atoms with Crippen LogP contribution in [0.3, 0.4) is 0 Å². The minimum absolute atomic E-state index is 0. The average molecular weight is 510 g/mol. The van der Waals surface area contributed by atoms with Gasteiger partial charge in [-0.05, 0) is 41.8 Å². The molecule has 0 amide bonds. The van der Waals surface area contributed by atoms with Gasteiger partial charge in [-0.25, -0.2) is 4.39 Å². The number of nitrogens with one attached hydrogen (secondary N) is 3. The maximum Gasteiger partial charge on any atom is 0.191 e. The number of halogens is 2. The number of methoxy groups -OCH3 is 1. The highest BCUT2D eigenvalue weighted by atomic mass is 127. The molecular weight excluding hydrogens is 482 g/mol. The fraction of sp³-hybridized carbons (Fsp3) is 0.318. The molecule has 0 saturated carbocycles. The normalized spacial score (nSPS) is 12.3. The summed E-state index contributed by atoms with van der Waals surface area (Å²) in [6, 6.07) is 12.9. The average Bonchev–Trinajstić information content (AvgIpc) is 3.12. The van der Waals surface area contributed by atoms with E-state index in [1.807, 2.05) is 24.4 Å². The van der Waals surface area contributed by atoms with Gasteiger partial charge in [0.25, 0.3) is 0 Å². The highest BCUT2D eigenvalue weighted by molar-refractivity contribution is 14.0. The summed E-state index contributed by atoms with van der Waals surface area (Å²) in [5, 5.41) is 7.61. The van der Waals surface area contributed by atoms with Crippen molar-refractivity contribution in [3.8, 4) is 5.75 Å². The fourth-order valence-electron chi connectivity index (χ4n) is 3.33. The third kappa shape index (κ3) is 5.85. The Hall–Kier alpha value is -2.29. The zero-order chi connectivity index (χ0) is 19.9. The zero-order valence-corrected chi connectivity index (χ0v) is 19.3. The van der Waals surface area contributed by atoms with Gasteiger partial charge in [0, 0.05) is 43.2 Å². The Labute approximate surface area is 188 Å². The van der Waals surface area contributed by atoms with Gasteiger partial charge in [-0.2, -0.15) is 0 Å². The third-order valence-electron chi connectivity index (χ3n) is 4.89. The van der Waals surface area contributed by atoms with Gasteiger partial charge in [0.05, 0.1) is 7.11 Å². The smallest absolute Gasteiger partial charge is 0.191 e. The molecular formula is C22H28FIN4O. The number of benzene rings is 2. The van der Waals surface area contributed by atoms with E-state index in [0.29, 0.717) is 6.54 Å². The Morgan fingerprint density at radius 2 is 2.00 bits per heavy atom. The van der Waals surface area contributed by atoms with Gasteiger partial charge in [0.1, 0.15) is 11.6 Å². The van der Waals surface area contributed by atoms with Crippen LogP contribution in [-0.4, -0.2) is 38.2 Å². The van der Waals surface area contributed by atoms with E-state index >= 15 is 0 Å². The van der Waals surface area contributed by atoms with Gasteiger partial charge in [-0.3, -0.25) is 4.99 Å². The molecule has 1 unspecified atom stereocenters.